The summed E-state index contributed by atoms with van der Waals surface area (Å²) in [5, 5.41) is 4.15. The van der Waals surface area contributed by atoms with Gasteiger partial charge in [0, 0.05) is 6.04 Å². The summed E-state index contributed by atoms with van der Waals surface area (Å²) in [6.07, 6.45) is 0. The Hall–Kier alpha value is -1.46. The minimum Gasteiger partial charge on any atom is -0.348 e. The Morgan fingerprint density at radius 2 is 1.95 bits per heavy atom. The molecule has 0 bridgehead atoms. The summed E-state index contributed by atoms with van der Waals surface area (Å²) >= 11 is 1.72. The molecular formula is C17H26N3OS+. The highest BCUT2D eigenvalue weighted by Crippen LogP contribution is 2.24. The van der Waals surface area contributed by atoms with E-state index in [4.69, 9.17) is 4.98 Å². The average Bonchev–Trinajstić information content (AvgIpc) is 2.89. The maximum absolute atomic E-state index is 12.1. The Morgan fingerprint density at radius 1 is 1.27 bits per heavy atom. The van der Waals surface area contributed by atoms with E-state index in [0.29, 0.717) is 12.5 Å². The average molecular weight is 320 g/mol. The van der Waals surface area contributed by atoms with Gasteiger partial charge in [-0.1, -0.05) is 26.0 Å². The Kier molecular flexibility index (Phi) is 5.53. The van der Waals surface area contributed by atoms with Crippen molar-refractivity contribution in [3.63, 3.8) is 0 Å². The predicted molar refractivity (Wildman–Crippen MR) is 92.2 cm³/mol. The number of carbonyl (C=O) groups excluding carboxylic acids is 1. The number of nitrogens with zero attached hydrogens (tertiary/aromatic N) is 1. The predicted octanol–water partition coefficient (Wildman–Crippen LogP) is 2.03. The van der Waals surface area contributed by atoms with Crippen molar-refractivity contribution in [3.8, 4) is 0 Å². The van der Waals surface area contributed by atoms with Gasteiger partial charge in [0.25, 0.3) is 5.91 Å². The normalized spacial score (nSPS) is 15.7. The molecule has 22 heavy (non-hydrogen) atoms. The highest BCUT2D eigenvalue weighted by atomic mass is 32.1. The zero-order chi connectivity index (χ0) is 16.3. The summed E-state index contributed by atoms with van der Waals surface area (Å²) in [5.74, 6) is 0.553. The van der Waals surface area contributed by atoms with E-state index in [0.717, 1.165) is 15.4 Å². The summed E-state index contributed by atoms with van der Waals surface area (Å²) in [4.78, 5) is 18.0. The van der Waals surface area contributed by atoms with Crippen LogP contribution in [0.15, 0.2) is 24.3 Å². The maximum atomic E-state index is 12.1. The van der Waals surface area contributed by atoms with Gasteiger partial charge in [0.2, 0.25) is 0 Å². The summed E-state index contributed by atoms with van der Waals surface area (Å²) in [7, 11) is 2.05. The lowest BCUT2D eigenvalue weighted by molar-refractivity contribution is -0.902. The first kappa shape index (κ1) is 16.9. The van der Waals surface area contributed by atoms with Gasteiger partial charge in [-0.15, -0.1) is 11.3 Å². The number of hydrogen-bond donors (Lipinski definition) is 2. The molecule has 0 aliphatic heterocycles. The second kappa shape index (κ2) is 7.20. The molecular weight excluding hydrogens is 294 g/mol. The lowest BCUT2D eigenvalue weighted by Gasteiger charge is -2.22. The van der Waals surface area contributed by atoms with Gasteiger partial charge in [0.05, 0.1) is 17.3 Å². The molecule has 1 heterocycles. The van der Waals surface area contributed by atoms with Crippen LogP contribution in [0.1, 0.15) is 38.7 Å². The quantitative estimate of drug-likeness (QED) is 0.855. The SMILES string of the molecule is CC(C)[C@@H](C)NC(=O)C[NH+](C)[C@@H](C)c1nc2ccccc2s1. The third-order valence-electron chi connectivity index (χ3n) is 4.25. The summed E-state index contributed by atoms with van der Waals surface area (Å²) < 4.78 is 1.20. The number of thiazole rings is 1. The maximum Gasteiger partial charge on any atom is 0.275 e. The lowest BCUT2D eigenvalue weighted by Crippen LogP contribution is -3.10. The fourth-order valence-corrected chi connectivity index (χ4v) is 3.28. The molecule has 2 aromatic rings. The zero-order valence-corrected chi connectivity index (χ0v) is 14.8. The molecule has 1 amide bonds. The van der Waals surface area contributed by atoms with E-state index < -0.39 is 0 Å². The van der Waals surface area contributed by atoms with E-state index in [1.165, 1.54) is 4.70 Å². The minimum atomic E-state index is 0.103. The highest BCUT2D eigenvalue weighted by molar-refractivity contribution is 7.18. The fourth-order valence-electron chi connectivity index (χ4n) is 2.16. The number of quaternary nitrogens is 1. The van der Waals surface area contributed by atoms with Crippen LogP contribution in [-0.2, 0) is 4.79 Å². The van der Waals surface area contributed by atoms with Gasteiger partial charge in [-0.2, -0.15) is 0 Å². The zero-order valence-electron chi connectivity index (χ0n) is 14.0. The van der Waals surface area contributed by atoms with Crippen molar-refractivity contribution < 1.29 is 9.69 Å². The number of fused-ring (bicyclic) bond motifs is 1. The van der Waals surface area contributed by atoms with Gasteiger partial charge in [-0.05, 0) is 31.9 Å². The van der Waals surface area contributed by atoms with Crippen molar-refractivity contribution in [2.24, 2.45) is 5.92 Å². The van der Waals surface area contributed by atoms with Crippen LogP contribution in [-0.4, -0.2) is 30.5 Å². The fraction of sp³-hybridized carbons (Fsp3) is 0.529. The Labute approximate surface area is 136 Å². The highest BCUT2D eigenvalue weighted by Gasteiger charge is 2.22. The number of para-hydroxylation sites is 1. The van der Waals surface area contributed by atoms with E-state index >= 15 is 0 Å². The first-order valence-corrected chi connectivity index (χ1v) is 8.67. The second-order valence-electron chi connectivity index (χ2n) is 6.36. The molecule has 0 saturated heterocycles. The molecule has 0 aliphatic rings. The van der Waals surface area contributed by atoms with Gasteiger partial charge in [0.1, 0.15) is 6.04 Å². The van der Waals surface area contributed by atoms with Crippen molar-refractivity contribution in [3.05, 3.63) is 29.3 Å². The van der Waals surface area contributed by atoms with Gasteiger partial charge >= 0.3 is 0 Å². The molecule has 0 radical (unpaired) electrons. The first-order valence-electron chi connectivity index (χ1n) is 7.85. The lowest BCUT2D eigenvalue weighted by atomic mass is 10.1. The van der Waals surface area contributed by atoms with Crippen LogP contribution in [0.2, 0.25) is 0 Å². The molecule has 1 unspecified atom stereocenters. The minimum absolute atomic E-state index is 0.103. The van der Waals surface area contributed by atoms with Crippen LogP contribution in [0.25, 0.3) is 10.2 Å². The van der Waals surface area contributed by atoms with Crippen molar-refractivity contribution in [2.75, 3.05) is 13.6 Å². The van der Waals surface area contributed by atoms with Gasteiger partial charge in [0.15, 0.2) is 11.6 Å². The first-order chi connectivity index (χ1) is 10.4. The molecule has 0 fully saturated rings. The topological polar surface area (TPSA) is 46.4 Å². The molecule has 0 aliphatic carbocycles. The number of rotatable bonds is 6. The molecule has 120 valence electrons. The van der Waals surface area contributed by atoms with Crippen LogP contribution in [0.4, 0.5) is 0 Å². The van der Waals surface area contributed by atoms with Crippen molar-refractivity contribution >= 4 is 27.5 Å². The third-order valence-corrected chi connectivity index (χ3v) is 5.47. The van der Waals surface area contributed by atoms with Crippen LogP contribution >= 0.6 is 11.3 Å². The van der Waals surface area contributed by atoms with Crippen molar-refractivity contribution in [1.29, 1.82) is 0 Å². The molecule has 1 aromatic heterocycles. The standard InChI is InChI=1S/C17H25N3OS/c1-11(2)12(3)18-16(21)10-20(5)13(4)17-19-14-8-6-7-9-15(14)22-17/h6-9,11-13H,10H2,1-5H3,(H,18,21)/p+1/t12-,13+/m1/s1. The summed E-state index contributed by atoms with van der Waals surface area (Å²) in [6, 6.07) is 8.58. The number of carbonyl (C=O) groups is 1. The smallest absolute Gasteiger partial charge is 0.275 e. The van der Waals surface area contributed by atoms with Crippen LogP contribution in [0.5, 0.6) is 0 Å². The molecule has 0 saturated carbocycles. The Morgan fingerprint density at radius 3 is 2.59 bits per heavy atom. The number of likely N-dealkylation sites (N-methyl/N-ethyl adjacent to an activating group) is 1. The van der Waals surface area contributed by atoms with E-state index in [1.54, 1.807) is 11.3 Å². The van der Waals surface area contributed by atoms with Gasteiger partial charge < -0.3 is 10.2 Å². The third kappa shape index (κ3) is 4.05. The number of benzene rings is 1. The largest absolute Gasteiger partial charge is 0.348 e. The number of nitrogens with one attached hydrogen (secondary N) is 2. The molecule has 3 atom stereocenters. The van der Waals surface area contributed by atoms with E-state index in [9.17, 15) is 4.79 Å². The number of aromatic nitrogens is 1. The van der Waals surface area contributed by atoms with Crippen LogP contribution in [0.3, 0.4) is 0 Å². The summed E-state index contributed by atoms with van der Waals surface area (Å²) in [6.45, 7) is 8.88. The van der Waals surface area contributed by atoms with Crippen LogP contribution in [0, 0.1) is 5.92 Å². The van der Waals surface area contributed by atoms with E-state index in [2.05, 4.69) is 46.1 Å². The van der Waals surface area contributed by atoms with Crippen molar-refractivity contribution in [1.82, 2.24) is 10.3 Å². The van der Waals surface area contributed by atoms with Gasteiger partial charge in [-0.3, -0.25) is 4.79 Å². The Bertz CT molecular complexity index is 605. The van der Waals surface area contributed by atoms with Gasteiger partial charge in [-0.25, -0.2) is 4.98 Å². The molecule has 2 rings (SSSR count). The Balaban J connectivity index is 1.99. The molecule has 0 spiro atoms. The van der Waals surface area contributed by atoms with E-state index in [1.807, 2.05) is 18.2 Å². The summed E-state index contributed by atoms with van der Waals surface area (Å²) in [5.41, 5.74) is 1.04. The molecule has 2 N–H and O–H groups in total. The second-order valence-corrected chi connectivity index (χ2v) is 7.43. The molecule has 5 heteroatoms. The van der Waals surface area contributed by atoms with E-state index in [-0.39, 0.29) is 18.0 Å². The van der Waals surface area contributed by atoms with Crippen molar-refractivity contribution in [2.45, 2.75) is 39.8 Å². The van der Waals surface area contributed by atoms with Crippen LogP contribution < -0.4 is 10.2 Å². The monoisotopic (exact) mass is 320 g/mol. The molecule has 1 aromatic carbocycles. The molecule has 4 nitrogen and oxygen atoms in total. The number of amides is 1. The number of hydrogen-bond acceptors (Lipinski definition) is 3.